The molecule has 26 heavy (non-hydrogen) atoms. The second-order valence-electron chi connectivity index (χ2n) is 5.73. The summed E-state index contributed by atoms with van der Waals surface area (Å²) in [5.74, 6) is -1.62. The Morgan fingerprint density at radius 3 is 2.62 bits per heavy atom. The van der Waals surface area contributed by atoms with Crippen molar-refractivity contribution >= 4 is 11.6 Å². The molecule has 1 aliphatic heterocycles. The first kappa shape index (κ1) is 17.9. The van der Waals surface area contributed by atoms with E-state index >= 15 is 0 Å². The lowest BCUT2D eigenvalue weighted by atomic mass is 10.0. The van der Waals surface area contributed by atoms with Crippen LogP contribution in [0.5, 0.6) is 0 Å². The molecule has 0 aliphatic carbocycles. The quantitative estimate of drug-likeness (QED) is 0.833. The van der Waals surface area contributed by atoms with Crippen molar-refractivity contribution in [3.05, 3.63) is 71.0 Å². The minimum absolute atomic E-state index is 0.0922. The van der Waals surface area contributed by atoms with E-state index in [9.17, 15) is 22.4 Å². The Morgan fingerprint density at radius 1 is 1.19 bits per heavy atom. The molecule has 1 amide bonds. The molecule has 0 spiro atoms. The summed E-state index contributed by atoms with van der Waals surface area (Å²) in [5, 5.41) is 6.09. The normalized spacial score (nSPS) is 16.8. The predicted octanol–water partition coefficient (Wildman–Crippen LogP) is 3.98. The second kappa shape index (κ2) is 7.15. The Bertz CT molecular complexity index is 835. The van der Waals surface area contributed by atoms with Gasteiger partial charge >= 0.3 is 6.18 Å². The number of rotatable bonds is 4. The van der Waals surface area contributed by atoms with Crippen LogP contribution in [0, 0.1) is 5.82 Å². The molecular formula is C18H14F4N2O2. The third-order valence-electron chi connectivity index (χ3n) is 3.92. The zero-order chi connectivity index (χ0) is 18.7. The van der Waals surface area contributed by atoms with E-state index in [1.807, 2.05) is 30.3 Å². The number of hydrogen-bond donors (Lipinski definition) is 1. The van der Waals surface area contributed by atoms with Crippen molar-refractivity contribution in [2.75, 3.05) is 0 Å². The van der Waals surface area contributed by atoms with Crippen molar-refractivity contribution in [2.45, 2.75) is 25.2 Å². The molecule has 1 aliphatic rings. The van der Waals surface area contributed by atoms with Gasteiger partial charge in [-0.05, 0) is 23.3 Å². The maximum Gasteiger partial charge on any atom is 0.416 e. The van der Waals surface area contributed by atoms with Crippen LogP contribution < -0.4 is 5.32 Å². The Hall–Kier alpha value is -2.90. The number of alkyl halides is 3. The highest BCUT2D eigenvalue weighted by Crippen LogP contribution is 2.32. The minimum atomic E-state index is -4.71. The first-order valence-electron chi connectivity index (χ1n) is 7.76. The number of halogens is 4. The number of oxime groups is 1. The standard InChI is InChI=1S/C18H14F4N2O2/c19-13-7-6-12(14(8-13)18(20,21)22)10-23-17(25)15-9-16(26-24-15)11-4-2-1-3-5-11/h1-8,16H,9-10H2,(H,23,25). The lowest BCUT2D eigenvalue weighted by Gasteiger charge is -2.13. The van der Waals surface area contributed by atoms with E-state index in [1.54, 1.807) is 0 Å². The van der Waals surface area contributed by atoms with Crippen molar-refractivity contribution in [1.82, 2.24) is 5.32 Å². The second-order valence-corrected chi connectivity index (χ2v) is 5.73. The molecule has 0 saturated carbocycles. The van der Waals surface area contributed by atoms with Crippen molar-refractivity contribution in [1.29, 1.82) is 0 Å². The van der Waals surface area contributed by atoms with Gasteiger partial charge in [0.15, 0.2) is 6.10 Å². The third-order valence-corrected chi connectivity index (χ3v) is 3.92. The van der Waals surface area contributed by atoms with Crippen molar-refractivity contribution in [3.63, 3.8) is 0 Å². The number of benzene rings is 2. The highest BCUT2D eigenvalue weighted by atomic mass is 19.4. The molecule has 1 N–H and O–H groups in total. The lowest BCUT2D eigenvalue weighted by Crippen LogP contribution is -2.30. The van der Waals surface area contributed by atoms with E-state index < -0.39 is 36.1 Å². The molecule has 1 heterocycles. The molecule has 0 aromatic heterocycles. The zero-order valence-electron chi connectivity index (χ0n) is 13.4. The van der Waals surface area contributed by atoms with Crippen LogP contribution in [0.25, 0.3) is 0 Å². The smallest absolute Gasteiger partial charge is 0.387 e. The molecule has 0 saturated heterocycles. The fraction of sp³-hybridized carbons (Fsp3) is 0.222. The van der Waals surface area contributed by atoms with Gasteiger partial charge in [-0.25, -0.2) is 4.39 Å². The molecule has 2 aromatic rings. The third kappa shape index (κ3) is 4.01. The largest absolute Gasteiger partial charge is 0.416 e. The molecule has 2 aromatic carbocycles. The van der Waals surface area contributed by atoms with E-state index in [0.29, 0.717) is 6.07 Å². The van der Waals surface area contributed by atoms with E-state index in [0.717, 1.165) is 17.7 Å². The molecule has 1 atom stereocenters. The van der Waals surface area contributed by atoms with Crippen LogP contribution in [0.3, 0.4) is 0 Å². The topological polar surface area (TPSA) is 50.7 Å². The molecule has 0 fully saturated rings. The minimum Gasteiger partial charge on any atom is -0.387 e. The monoisotopic (exact) mass is 366 g/mol. The highest BCUT2D eigenvalue weighted by Gasteiger charge is 2.34. The molecule has 0 bridgehead atoms. The van der Waals surface area contributed by atoms with Crippen LogP contribution in [-0.4, -0.2) is 11.6 Å². The van der Waals surface area contributed by atoms with Crippen LogP contribution in [0.15, 0.2) is 53.7 Å². The fourth-order valence-electron chi connectivity index (χ4n) is 2.60. The van der Waals surface area contributed by atoms with Gasteiger partial charge in [0.05, 0.1) is 5.56 Å². The van der Waals surface area contributed by atoms with Crippen LogP contribution in [-0.2, 0) is 22.4 Å². The summed E-state index contributed by atoms with van der Waals surface area (Å²) >= 11 is 0. The summed E-state index contributed by atoms with van der Waals surface area (Å²) < 4.78 is 52.0. The van der Waals surface area contributed by atoms with Gasteiger partial charge < -0.3 is 10.2 Å². The number of amides is 1. The molecule has 8 heteroatoms. The van der Waals surface area contributed by atoms with Crippen molar-refractivity contribution in [2.24, 2.45) is 5.16 Å². The van der Waals surface area contributed by atoms with Gasteiger partial charge in [0.25, 0.3) is 5.91 Å². The molecule has 0 radical (unpaired) electrons. The first-order chi connectivity index (χ1) is 12.3. The van der Waals surface area contributed by atoms with Gasteiger partial charge in [0.2, 0.25) is 0 Å². The molecule has 3 rings (SSSR count). The average Bonchev–Trinajstić information content (AvgIpc) is 3.10. The lowest BCUT2D eigenvalue weighted by molar-refractivity contribution is -0.138. The summed E-state index contributed by atoms with van der Waals surface area (Å²) in [6, 6.07) is 11.5. The summed E-state index contributed by atoms with van der Waals surface area (Å²) in [6.45, 7) is -0.400. The number of nitrogens with zero attached hydrogens (tertiary/aromatic N) is 1. The average molecular weight is 366 g/mol. The number of nitrogens with one attached hydrogen (secondary N) is 1. The Kier molecular flexibility index (Phi) is 4.92. The molecule has 136 valence electrons. The summed E-state index contributed by atoms with van der Waals surface area (Å²) in [5.41, 5.74) is -0.414. The summed E-state index contributed by atoms with van der Waals surface area (Å²) in [4.78, 5) is 17.4. The zero-order valence-corrected chi connectivity index (χ0v) is 13.4. The Morgan fingerprint density at radius 2 is 1.92 bits per heavy atom. The highest BCUT2D eigenvalue weighted by molar-refractivity contribution is 6.39. The number of carbonyl (C=O) groups is 1. The fourth-order valence-corrected chi connectivity index (χ4v) is 2.60. The van der Waals surface area contributed by atoms with Crippen LogP contribution in [0.2, 0.25) is 0 Å². The Balaban J connectivity index is 1.64. The van der Waals surface area contributed by atoms with E-state index in [4.69, 9.17) is 4.84 Å². The molecule has 4 nitrogen and oxygen atoms in total. The van der Waals surface area contributed by atoms with Crippen LogP contribution in [0.1, 0.15) is 29.2 Å². The molecular weight excluding hydrogens is 352 g/mol. The van der Waals surface area contributed by atoms with Gasteiger partial charge in [-0.3, -0.25) is 4.79 Å². The summed E-state index contributed by atoms with van der Waals surface area (Å²) in [6.07, 6.45) is -4.91. The number of carbonyl (C=O) groups excluding carboxylic acids is 1. The Labute approximate surface area is 146 Å². The maximum atomic E-state index is 13.1. The molecule has 1 unspecified atom stereocenters. The van der Waals surface area contributed by atoms with Gasteiger partial charge in [0.1, 0.15) is 11.5 Å². The maximum absolute atomic E-state index is 13.1. The van der Waals surface area contributed by atoms with Gasteiger partial charge in [-0.1, -0.05) is 41.6 Å². The van der Waals surface area contributed by atoms with Crippen LogP contribution in [0.4, 0.5) is 17.6 Å². The van der Waals surface area contributed by atoms with E-state index in [-0.39, 0.29) is 17.7 Å². The van der Waals surface area contributed by atoms with Gasteiger partial charge in [-0.15, -0.1) is 0 Å². The van der Waals surface area contributed by atoms with Crippen molar-refractivity contribution in [3.8, 4) is 0 Å². The van der Waals surface area contributed by atoms with Crippen molar-refractivity contribution < 1.29 is 27.2 Å². The predicted molar refractivity (Wildman–Crippen MR) is 85.6 cm³/mol. The van der Waals surface area contributed by atoms with Gasteiger partial charge in [0, 0.05) is 13.0 Å². The first-order valence-corrected chi connectivity index (χ1v) is 7.76. The van der Waals surface area contributed by atoms with Gasteiger partial charge in [-0.2, -0.15) is 13.2 Å². The van der Waals surface area contributed by atoms with E-state index in [1.165, 1.54) is 0 Å². The SMILES string of the molecule is O=C(NCc1ccc(F)cc1C(F)(F)F)C1=NOC(c2ccccc2)C1. The van der Waals surface area contributed by atoms with E-state index in [2.05, 4.69) is 10.5 Å². The number of hydrogen-bond acceptors (Lipinski definition) is 3. The summed E-state index contributed by atoms with van der Waals surface area (Å²) in [7, 11) is 0. The van der Waals surface area contributed by atoms with Crippen LogP contribution >= 0.6 is 0 Å².